The topological polar surface area (TPSA) is 49.5 Å². The molecule has 0 aliphatic carbocycles. The Balaban J connectivity index is 2.02. The van der Waals surface area contributed by atoms with Crippen molar-refractivity contribution in [2.24, 2.45) is 0 Å². The van der Waals surface area contributed by atoms with E-state index in [2.05, 4.69) is 11.0 Å². The quantitative estimate of drug-likeness (QED) is 0.731. The van der Waals surface area contributed by atoms with E-state index in [4.69, 9.17) is 5.73 Å². The van der Waals surface area contributed by atoms with E-state index in [1.54, 1.807) is 0 Å². The van der Waals surface area contributed by atoms with Gasteiger partial charge in [-0.3, -0.25) is 4.90 Å². The molecule has 1 unspecified atom stereocenters. The molecular formula is C12H18N2O. The molecule has 3 heteroatoms. The van der Waals surface area contributed by atoms with E-state index in [9.17, 15) is 5.11 Å². The smallest absolute Gasteiger partial charge is 0.0587 e. The summed E-state index contributed by atoms with van der Waals surface area (Å²) in [4.78, 5) is 2.33. The van der Waals surface area contributed by atoms with Crippen LogP contribution in [0.5, 0.6) is 0 Å². The van der Waals surface area contributed by atoms with Gasteiger partial charge in [-0.1, -0.05) is 12.1 Å². The van der Waals surface area contributed by atoms with Gasteiger partial charge in [-0.25, -0.2) is 0 Å². The zero-order valence-corrected chi connectivity index (χ0v) is 8.89. The van der Waals surface area contributed by atoms with Crippen molar-refractivity contribution in [3.8, 4) is 0 Å². The molecule has 82 valence electrons. The molecule has 1 heterocycles. The number of nitrogen functional groups attached to an aromatic ring is 1. The van der Waals surface area contributed by atoms with Gasteiger partial charge in [-0.05, 0) is 37.1 Å². The Morgan fingerprint density at radius 3 is 3.07 bits per heavy atom. The fourth-order valence-electron chi connectivity index (χ4n) is 2.24. The second-order valence-electron chi connectivity index (χ2n) is 4.19. The first-order chi connectivity index (χ1) is 7.29. The Bertz CT molecular complexity index is 327. The van der Waals surface area contributed by atoms with Crippen molar-refractivity contribution in [3.63, 3.8) is 0 Å². The maximum Gasteiger partial charge on any atom is 0.0587 e. The molecule has 3 N–H and O–H groups in total. The van der Waals surface area contributed by atoms with Crippen molar-refractivity contribution >= 4 is 5.69 Å². The van der Waals surface area contributed by atoms with Crippen LogP contribution >= 0.6 is 0 Å². The number of likely N-dealkylation sites (tertiary alicyclic amines) is 1. The third-order valence-electron chi connectivity index (χ3n) is 3.05. The number of aliphatic hydroxyl groups is 1. The van der Waals surface area contributed by atoms with Crippen LogP contribution in [0.2, 0.25) is 0 Å². The number of rotatable bonds is 3. The van der Waals surface area contributed by atoms with Gasteiger partial charge in [-0.15, -0.1) is 0 Å². The average molecular weight is 206 g/mol. The second kappa shape index (κ2) is 4.64. The molecular weight excluding hydrogens is 188 g/mol. The summed E-state index contributed by atoms with van der Waals surface area (Å²) in [5.41, 5.74) is 7.78. The van der Waals surface area contributed by atoms with Gasteiger partial charge in [0.15, 0.2) is 0 Å². The zero-order chi connectivity index (χ0) is 10.7. The summed E-state index contributed by atoms with van der Waals surface area (Å²) in [6, 6.07) is 8.31. The third-order valence-corrected chi connectivity index (χ3v) is 3.05. The molecule has 0 bridgehead atoms. The largest absolute Gasteiger partial charge is 0.399 e. The maximum absolute atomic E-state index is 9.20. The number of hydrogen-bond donors (Lipinski definition) is 2. The van der Waals surface area contributed by atoms with Gasteiger partial charge in [0.05, 0.1) is 6.61 Å². The summed E-state index contributed by atoms with van der Waals surface area (Å²) in [6.07, 6.45) is 2.30. The van der Waals surface area contributed by atoms with E-state index in [-0.39, 0.29) is 6.61 Å². The first kappa shape index (κ1) is 10.5. The third kappa shape index (κ3) is 2.49. The molecule has 1 fully saturated rings. The summed E-state index contributed by atoms with van der Waals surface area (Å²) < 4.78 is 0. The molecule has 0 spiro atoms. The molecule has 1 aromatic rings. The van der Waals surface area contributed by atoms with Crippen molar-refractivity contribution in [1.82, 2.24) is 4.90 Å². The number of nitrogens with two attached hydrogens (primary N) is 1. The van der Waals surface area contributed by atoms with Crippen molar-refractivity contribution in [3.05, 3.63) is 29.8 Å². The van der Waals surface area contributed by atoms with Crippen LogP contribution in [0.1, 0.15) is 18.4 Å². The van der Waals surface area contributed by atoms with Crippen LogP contribution in [0.4, 0.5) is 5.69 Å². The minimum absolute atomic E-state index is 0.266. The summed E-state index contributed by atoms with van der Waals surface area (Å²) >= 11 is 0. The van der Waals surface area contributed by atoms with Crippen LogP contribution in [-0.2, 0) is 6.54 Å². The molecule has 1 aromatic carbocycles. The molecule has 0 amide bonds. The van der Waals surface area contributed by atoms with Gasteiger partial charge in [0.2, 0.25) is 0 Å². The Kier molecular flexibility index (Phi) is 3.23. The predicted octanol–water partition coefficient (Wildman–Crippen LogP) is 1.23. The van der Waals surface area contributed by atoms with E-state index in [0.717, 1.165) is 25.2 Å². The van der Waals surface area contributed by atoms with E-state index < -0.39 is 0 Å². The van der Waals surface area contributed by atoms with E-state index in [1.807, 2.05) is 18.2 Å². The summed E-state index contributed by atoms with van der Waals surface area (Å²) in [5.74, 6) is 0. The lowest BCUT2D eigenvalue weighted by atomic mass is 10.1. The molecule has 0 radical (unpaired) electrons. The second-order valence-corrected chi connectivity index (χ2v) is 4.19. The van der Waals surface area contributed by atoms with Crippen LogP contribution in [0.3, 0.4) is 0 Å². The highest BCUT2D eigenvalue weighted by Crippen LogP contribution is 2.20. The zero-order valence-electron chi connectivity index (χ0n) is 8.89. The lowest BCUT2D eigenvalue weighted by Crippen LogP contribution is -2.31. The van der Waals surface area contributed by atoms with Gasteiger partial charge in [-0.2, -0.15) is 0 Å². The highest BCUT2D eigenvalue weighted by Gasteiger charge is 2.23. The van der Waals surface area contributed by atoms with Crippen LogP contribution in [0, 0.1) is 0 Å². The van der Waals surface area contributed by atoms with Crippen molar-refractivity contribution in [2.45, 2.75) is 25.4 Å². The van der Waals surface area contributed by atoms with E-state index in [1.165, 1.54) is 12.0 Å². The van der Waals surface area contributed by atoms with Crippen LogP contribution in [0.25, 0.3) is 0 Å². The van der Waals surface area contributed by atoms with Gasteiger partial charge in [0.25, 0.3) is 0 Å². The Morgan fingerprint density at radius 1 is 1.47 bits per heavy atom. The monoisotopic (exact) mass is 206 g/mol. The number of hydrogen-bond acceptors (Lipinski definition) is 3. The van der Waals surface area contributed by atoms with Crippen LogP contribution in [-0.4, -0.2) is 29.2 Å². The minimum atomic E-state index is 0.266. The molecule has 2 rings (SSSR count). The van der Waals surface area contributed by atoms with Crippen LogP contribution < -0.4 is 5.73 Å². The van der Waals surface area contributed by atoms with Gasteiger partial charge in [0.1, 0.15) is 0 Å². The highest BCUT2D eigenvalue weighted by atomic mass is 16.3. The average Bonchev–Trinajstić information content (AvgIpc) is 2.65. The highest BCUT2D eigenvalue weighted by molar-refractivity contribution is 5.40. The molecule has 1 aliphatic rings. The molecule has 3 nitrogen and oxygen atoms in total. The van der Waals surface area contributed by atoms with Gasteiger partial charge >= 0.3 is 0 Å². The SMILES string of the molecule is Nc1cccc(CN2CCCC2CO)c1. The van der Waals surface area contributed by atoms with Crippen LogP contribution in [0.15, 0.2) is 24.3 Å². The lowest BCUT2D eigenvalue weighted by Gasteiger charge is -2.22. The summed E-state index contributed by atoms with van der Waals surface area (Å²) in [6.45, 7) is 2.25. The maximum atomic E-state index is 9.20. The molecule has 1 saturated heterocycles. The molecule has 1 atom stereocenters. The van der Waals surface area contributed by atoms with E-state index in [0.29, 0.717) is 6.04 Å². The Labute approximate surface area is 90.5 Å². The number of aliphatic hydroxyl groups excluding tert-OH is 1. The predicted molar refractivity (Wildman–Crippen MR) is 61.4 cm³/mol. The molecule has 15 heavy (non-hydrogen) atoms. The fourth-order valence-corrected chi connectivity index (χ4v) is 2.24. The Morgan fingerprint density at radius 2 is 2.33 bits per heavy atom. The first-order valence-corrected chi connectivity index (χ1v) is 5.49. The van der Waals surface area contributed by atoms with Crippen molar-refractivity contribution in [2.75, 3.05) is 18.9 Å². The lowest BCUT2D eigenvalue weighted by molar-refractivity contribution is 0.153. The number of benzene rings is 1. The molecule has 1 aliphatic heterocycles. The number of anilines is 1. The molecule has 0 aromatic heterocycles. The van der Waals surface area contributed by atoms with Gasteiger partial charge < -0.3 is 10.8 Å². The summed E-state index contributed by atoms with van der Waals surface area (Å²) in [5, 5.41) is 9.20. The van der Waals surface area contributed by atoms with E-state index >= 15 is 0 Å². The number of nitrogens with zero attached hydrogens (tertiary/aromatic N) is 1. The standard InChI is InChI=1S/C12H18N2O/c13-11-4-1-3-10(7-11)8-14-6-2-5-12(14)9-15/h1,3-4,7,12,15H,2,5-6,8-9,13H2. The fraction of sp³-hybridized carbons (Fsp3) is 0.500. The Hall–Kier alpha value is -1.06. The molecule has 0 saturated carbocycles. The van der Waals surface area contributed by atoms with Crippen molar-refractivity contribution in [1.29, 1.82) is 0 Å². The normalized spacial score (nSPS) is 22.1. The van der Waals surface area contributed by atoms with Crippen molar-refractivity contribution < 1.29 is 5.11 Å². The minimum Gasteiger partial charge on any atom is -0.399 e. The summed E-state index contributed by atoms with van der Waals surface area (Å²) in [7, 11) is 0. The first-order valence-electron chi connectivity index (χ1n) is 5.49. The van der Waals surface area contributed by atoms with Gasteiger partial charge in [0, 0.05) is 18.3 Å².